The molecule has 2 atom stereocenters. The van der Waals surface area contributed by atoms with Crippen molar-refractivity contribution in [1.29, 1.82) is 0 Å². The second-order valence-corrected chi connectivity index (χ2v) is 5.58. The summed E-state index contributed by atoms with van der Waals surface area (Å²) in [5, 5.41) is 14.3. The summed E-state index contributed by atoms with van der Waals surface area (Å²) in [7, 11) is 0. The van der Waals surface area contributed by atoms with Crippen LogP contribution in [0.2, 0.25) is 0 Å². The molecule has 3 nitrogen and oxygen atoms in total. The minimum atomic E-state index is -0.451. The zero-order valence-electron chi connectivity index (χ0n) is 11.9. The average Bonchev–Trinajstić information content (AvgIpc) is 2.90. The summed E-state index contributed by atoms with van der Waals surface area (Å²) in [5.74, 6) is 0. The summed E-state index contributed by atoms with van der Waals surface area (Å²) < 4.78 is 5.30. The molecule has 4 heteroatoms. The topological polar surface area (TPSA) is 32.7 Å². The first-order valence-corrected chi connectivity index (χ1v) is 7.73. The molecule has 108 valence electrons. The van der Waals surface area contributed by atoms with E-state index in [0.29, 0.717) is 25.8 Å². The molecule has 1 aromatic heterocycles. The maximum absolute atomic E-state index is 10.0. The van der Waals surface area contributed by atoms with Crippen molar-refractivity contribution in [2.75, 3.05) is 19.8 Å². The van der Waals surface area contributed by atoms with Crippen LogP contribution in [0, 0.1) is 0 Å². The zero-order valence-corrected chi connectivity index (χ0v) is 12.7. The van der Waals surface area contributed by atoms with Crippen molar-refractivity contribution < 1.29 is 9.84 Å². The van der Waals surface area contributed by atoms with Crippen molar-refractivity contribution in [3.05, 3.63) is 35.0 Å². The van der Waals surface area contributed by atoms with E-state index in [-0.39, 0.29) is 0 Å². The van der Waals surface area contributed by atoms with E-state index in [1.807, 2.05) is 0 Å². The largest absolute Gasteiger partial charge is 0.389 e. The molecule has 1 rings (SSSR count). The second kappa shape index (κ2) is 9.26. The van der Waals surface area contributed by atoms with E-state index < -0.39 is 6.10 Å². The van der Waals surface area contributed by atoms with Gasteiger partial charge in [0.1, 0.15) is 0 Å². The van der Waals surface area contributed by atoms with Crippen molar-refractivity contribution in [3.8, 4) is 0 Å². The summed E-state index contributed by atoms with van der Waals surface area (Å²) in [6, 6.07) is 2.59. The number of aliphatic hydroxyl groups excluding tert-OH is 1. The third-order valence-corrected chi connectivity index (χ3v) is 3.90. The lowest BCUT2D eigenvalue weighted by Gasteiger charge is -2.30. The molecular weight excluding hydrogens is 258 g/mol. The summed E-state index contributed by atoms with van der Waals surface area (Å²) in [6.07, 6.45) is 2.32. The van der Waals surface area contributed by atoms with Crippen LogP contribution in [-0.2, 0) is 11.3 Å². The molecule has 0 unspecified atom stereocenters. The predicted octanol–water partition coefficient (Wildman–Crippen LogP) is 2.91. The number of thiophene rings is 1. The molecule has 0 aliphatic carbocycles. The van der Waals surface area contributed by atoms with E-state index in [9.17, 15) is 5.11 Å². The molecule has 0 saturated heterocycles. The number of ether oxygens (including phenoxy) is 1. The normalized spacial score (nSPS) is 14.5. The highest BCUT2D eigenvalue weighted by Gasteiger charge is 2.17. The Bertz CT molecular complexity index is 340. The van der Waals surface area contributed by atoms with Gasteiger partial charge in [0, 0.05) is 19.1 Å². The molecular formula is C15H25NO2S. The average molecular weight is 283 g/mol. The number of rotatable bonds is 10. The van der Waals surface area contributed by atoms with Crippen molar-refractivity contribution >= 4 is 11.3 Å². The highest BCUT2D eigenvalue weighted by Crippen LogP contribution is 2.14. The third kappa shape index (κ3) is 6.34. The van der Waals surface area contributed by atoms with Crippen LogP contribution in [-0.4, -0.2) is 41.9 Å². The van der Waals surface area contributed by atoms with Gasteiger partial charge in [-0.3, -0.25) is 4.90 Å². The lowest BCUT2D eigenvalue weighted by molar-refractivity contribution is 0.0157. The first-order valence-electron chi connectivity index (χ1n) is 6.79. The van der Waals surface area contributed by atoms with Crippen LogP contribution in [0.15, 0.2) is 29.5 Å². The first kappa shape index (κ1) is 16.4. The Morgan fingerprint density at radius 2 is 2.37 bits per heavy atom. The fourth-order valence-corrected chi connectivity index (χ4v) is 2.55. The van der Waals surface area contributed by atoms with E-state index in [1.165, 1.54) is 5.56 Å². The quantitative estimate of drug-likeness (QED) is 0.529. The fraction of sp³-hybridized carbons (Fsp3) is 0.600. The predicted molar refractivity (Wildman–Crippen MR) is 81.5 cm³/mol. The number of nitrogens with zero attached hydrogens (tertiary/aromatic N) is 1. The maximum atomic E-state index is 10.0. The lowest BCUT2D eigenvalue weighted by Crippen LogP contribution is -2.39. The van der Waals surface area contributed by atoms with Gasteiger partial charge in [0.25, 0.3) is 0 Å². The van der Waals surface area contributed by atoms with Crippen LogP contribution in [0.3, 0.4) is 0 Å². The van der Waals surface area contributed by atoms with Gasteiger partial charge in [-0.15, -0.1) is 6.58 Å². The fourth-order valence-electron chi connectivity index (χ4n) is 1.89. The minimum Gasteiger partial charge on any atom is -0.389 e. The molecule has 1 aromatic rings. The Morgan fingerprint density at radius 3 is 2.95 bits per heavy atom. The number of hydrogen-bond acceptors (Lipinski definition) is 4. The minimum absolute atomic E-state index is 0.364. The van der Waals surface area contributed by atoms with Crippen LogP contribution < -0.4 is 0 Å². The molecule has 0 radical (unpaired) electrons. The van der Waals surface area contributed by atoms with Gasteiger partial charge in [0.2, 0.25) is 0 Å². The van der Waals surface area contributed by atoms with Crippen LogP contribution in [0.25, 0.3) is 0 Å². The van der Waals surface area contributed by atoms with Gasteiger partial charge in [-0.05, 0) is 35.7 Å². The lowest BCUT2D eigenvalue weighted by atomic mass is 10.1. The van der Waals surface area contributed by atoms with Gasteiger partial charge >= 0.3 is 0 Å². The molecule has 0 bridgehead atoms. The molecule has 0 saturated carbocycles. The van der Waals surface area contributed by atoms with Gasteiger partial charge in [-0.25, -0.2) is 0 Å². The number of aliphatic hydroxyl groups is 1. The summed E-state index contributed by atoms with van der Waals surface area (Å²) in [4.78, 5) is 2.31. The van der Waals surface area contributed by atoms with E-state index in [4.69, 9.17) is 4.74 Å². The van der Waals surface area contributed by atoms with Gasteiger partial charge in [-0.1, -0.05) is 13.0 Å². The van der Waals surface area contributed by atoms with Gasteiger partial charge in [0.05, 0.1) is 19.3 Å². The smallest absolute Gasteiger partial charge is 0.0900 e. The molecule has 0 aromatic carbocycles. The Balaban J connectivity index is 2.47. The Morgan fingerprint density at radius 1 is 1.58 bits per heavy atom. The maximum Gasteiger partial charge on any atom is 0.0900 e. The van der Waals surface area contributed by atoms with Gasteiger partial charge in [-0.2, -0.15) is 11.3 Å². The van der Waals surface area contributed by atoms with Gasteiger partial charge < -0.3 is 9.84 Å². The zero-order chi connectivity index (χ0) is 14.1. The Hall–Kier alpha value is -0.680. The van der Waals surface area contributed by atoms with Crippen molar-refractivity contribution in [1.82, 2.24) is 4.90 Å². The van der Waals surface area contributed by atoms with E-state index >= 15 is 0 Å². The van der Waals surface area contributed by atoms with Crippen molar-refractivity contribution in [2.45, 2.75) is 39.0 Å². The SMILES string of the molecule is C=CCOC[C@@H](O)CN(Cc1ccsc1)[C@@H](C)CC. The summed E-state index contributed by atoms with van der Waals surface area (Å²) in [5.41, 5.74) is 1.31. The van der Waals surface area contributed by atoms with E-state index in [0.717, 1.165) is 13.0 Å². The third-order valence-electron chi connectivity index (χ3n) is 3.17. The Kier molecular flexibility index (Phi) is 7.98. The molecule has 0 spiro atoms. The highest BCUT2D eigenvalue weighted by atomic mass is 32.1. The molecule has 1 heterocycles. The van der Waals surface area contributed by atoms with Gasteiger partial charge in [0.15, 0.2) is 0 Å². The highest BCUT2D eigenvalue weighted by molar-refractivity contribution is 7.07. The summed E-state index contributed by atoms with van der Waals surface area (Å²) in [6.45, 7) is 10.3. The molecule has 0 amide bonds. The van der Waals surface area contributed by atoms with Crippen molar-refractivity contribution in [2.24, 2.45) is 0 Å². The molecule has 0 aliphatic rings. The number of hydrogen-bond donors (Lipinski definition) is 1. The molecule has 0 fully saturated rings. The van der Waals surface area contributed by atoms with Crippen molar-refractivity contribution in [3.63, 3.8) is 0 Å². The van der Waals surface area contributed by atoms with E-state index in [2.05, 4.69) is 42.2 Å². The Labute approximate surface area is 120 Å². The first-order chi connectivity index (χ1) is 9.17. The van der Waals surface area contributed by atoms with E-state index in [1.54, 1.807) is 17.4 Å². The van der Waals surface area contributed by atoms with Crippen LogP contribution in [0.1, 0.15) is 25.8 Å². The summed E-state index contributed by atoms with van der Waals surface area (Å²) >= 11 is 1.71. The van der Waals surface area contributed by atoms with Crippen LogP contribution in [0.4, 0.5) is 0 Å². The molecule has 0 aliphatic heterocycles. The van der Waals surface area contributed by atoms with Crippen LogP contribution in [0.5, 0.6) is 0 Å². The molecule has 19 heavy (non-hydrogen) atoms. The monoisotopic (exact) mass is 283 g/mol. The standard InChI is InChI=1S/C15H25NO2S/c1-4-7-18-11-15(17)10-16(13(3)5-2)9-14-6-8-19-12-14/h4,6,8,12-13,15,17H,1,5,7,9-11H2,2-3H3/t13-,15-/m0/s1. The molecule has 1 N–H and O–H groups in total. The van der Waals surface area contributed by atoms with Crippen LogP contribution >= 0.6 is 11.3 Å². The second-order valence-electron chi connectivity index (χ2n) is 4.80.